The van der Waals surface area contributed by atoms with Gasteiger partial charge in [0.15, 0.2) is 5.82 Å². The number of aromatic nitrogens is 4. The zero-order valence-electron chi connectivity index (χ0n) is 14.0. The summed E-state index contributed by atoms with van der Waals surface area (Å²) in [5, 5.41) is 2.03. The van der Waals surface area contributed by atoms with Crippen LogP contribution >= 0.6 is 11.3 Å². The Bertz CT molecular complexity index is 918. The molecule has 0 atom stereocenters. The van der Waals surface area contributed by atoms with E-state index in [9.17, 15) is 4.79 Å². The lowest BCUT2D eigenvalue weighted by atomic mass is 10.1. The monoisotopic (exact) mass is 353 g/mol. The smallest absolute Gasteiger partial charge is 0.254 e. The molecule has 4 heterocycles. The van der Waals surface area contributed by atoms with E-state index < -0.39 is 0 Å². The molecular formula is C18H19N5OS. The molecule has 0 aromatic carbocycles. The first kappa shape index (κ1) is 16.1. The van der Waals surface area contributed by atoms with Gasteiger partial charge >= 0.3 is 0 Å². The Morgan fingerprint density at radius 2 is 2.04 bits per heavy atom. The second-order valence-corrected chi connectivity index (χ2v) is 7.19. The summed E-state index contributed by atoms with van der Waals surface area (Å²) in [6, 6.07) is 4.03. The van der Waals surface area contributed by atoms with Gasteiger partial charge < -0.3 is 4.98 Å². The number of aromatic amines is 1. The maximum Gasteiger partial charge on any atom is 0.254 e. The Morgan fingerprint density at radius 1 is 1.24 bits per heavy atom. The first-order valence-corrected chi connectivity index (χ1v) is 9.23. The van der Waals surface area contributed by atoms with Crippen LogP contribution in [0.4, 0.5) is 0 Å². The Balaban J connectivity index is 1.46. The largest absolute Gasteiger partial charge is 0.311 e. The second kappa shape index (κ2) is 6.85. The quantitative estimate of drug-likeness (QED) is 0.781. The van der Waals surface area contributed by atoms with Gasteiger partial charge in [-0.25, -0.2) is 15.0 Å². The molecule has 7 heteroatoms. The van der Waals surface area contributed by atoms with E-state index in [0.29, 0.717) is 5.82 Å². The van der Waals surface area contributed by atoms with Crippen molar-refractivity contribution in [3.63, 3.8) is 0 Å². The van der Waals surface area contributed by atoms with E-state index in [1.807, 2.05) is 36.8 Å². The maximum absolute atomic E-state index is 12.1. The first-order chi connectivity index (χ1) is 12.2. The van der Waals surface area contributed by atoms with E-state index in [0.717, 1.165) is 60.0 Å². The van der Waals surface area contributed by atoms with Gasteiger partial charge in [0.2, 0.25) is 0 Å². The fourth-order valence-corrected chi connectivity index (χ4v) is 3.84. The Labute approximate surface area is 149 Å². The fraction of sp³-hybridized carbons (Fsp3) is 0.333. The van der Waals surface area contributed by atoms with Crippen LogP contribution in [0.2, 0.25) is 0 Å². The summed E-state index contributed by atoms with van der Waals surface area (Å²) in [5.74, 6) is 1.46. The van der Waals surface area contributed by atoms with Crippen LogP contribution in [0, 0.1) is 6.92 Å². The van der Waals surface area contributed by atoms with E-state index in [-0.39, 0.29) is 5.56 Å². The highest BCUT2D eigenvalue weighted by Gasteiger charge is 2.18. The minimum absolute atomic E-state index is 0.00739. The summed E-state index contributed by atoms with van der Waals surface area (Å²) in [4.78, 5) is 31.8. The third kappa shape index (κ3) is 3.52. The molecule has 1 aliphatic rings. The van der Waals surface area contributed by atoms with Crippen LogP contribution in [-0.2, 0) is 19.4 Å². The molecule has 4 rings (SSSR count). The van der Waals surface area contributed by atoms with Gasteiger partial charge in [-0.1, -0.05) is 6.07 Å². The average molecular weight is 353 g/mol. The molecule has 0 fully saturated rings. The van der Waals surface area contributed by atoms with Crippen LogP contribution in [0.3, 0.4) is 0 Å². The number of rotatable bonds is 3. The van der Waals surface area contributed by atoms with E-state index in [1.54, 1.807) is 11.3 Å². The molecule has 0 aliphatic carbocycles. The van der Waals surface area contributed by atoms with Crippen molar-refractivity contribution in [3.05, 3.63) is 62.9 Å². The van der Waals surface area contributed by atoms with Gasteiger partial charge in [0.05, 0.1) is 10.6 Å². The minimum Gasteiger partial charge on any atom is -0.311 e. The molecule has 3 aromatic heterocycles. The van der Waals surface area contributed by atoms with Crippen LogP contribution in [0.5, 0.6) is 0 Å². The van der Waals surface area contributed by atoms with Crippen molar-refractivity contribution < 1.29 is 0 Å². The van der Waals surface area contributed by atoms with Crippen molar-refractivity contribution in [3.8, 4) is 10.7 Å². The van der Waals surface area contributed by atoms with Crippen LogP contribution in [0.25, 0.3) is 10.7 Å². The summed E-state index contributed by atoms with van der Waals surface area (Å²) in [6.45, 7) is 4.34. The van der Waals surface area contributed by atoms with Gasteiger partial charge in [-0.05, 0) is 24.8 Å². The predicted octanol–water partition coefficient (Wildman–Crippen LogP) is 2.20. The lowest BCUT2D eigenvalue weighted by Gasteiger charge is -2.19. The third-order valence-corrected chi connectivity index (χ3v) is 5.28. The SMILES string of the molecule is Cc1nc2c(c(=O)[nH]1)CCN(Cc1cnc(-c3cccs3)nc1)CC2. The van der Waals surface area contributed by atoms with Crippen molar-refractivity contribution in [2.24, 2.45) is 0 Å². The number of nitrogens with one attached hydrogen (secondary N) is 1. The molecule has 6 nitrogen and oxygen atoms in total. The van der Waals surface area contributed by atoms with Crippen LogP contribution in [0.15, 0.2) is 34.7 Å². The van der Waals surface area contributed by atoms with Crippen molar-refractivity contribution in [1.82, 2.24) is 24.8 Å². The first-order valence-electron chi connectivity index (χ1n) is 8.35. The fourth-order valence-electron chi connectivity index (χ4n) is 3.16. The summed E-state index contributed by atoms with van der Waals surface area (Å²) >= 11 is 1.64. The van der Waals surface area contributed by atoms with Crippen LogP contribution in [0.1, 0.15) is 22.6 Å². The number of H-pyrrole nitrogens is 1. The zero-order valence-corrected chi connectivity index (χ0v) is 14.8. The van der Waals surface area contributed by atoms with E-state index in [4.69, 9.17) is 0 Å². The molecule has 25 heavy (non-hydrogen) atoms. The summed E-state index contributed by atoms with van der Waals surface area (Å²) in [6.07, 6.45) is 5.32. The third-order valence-electron chi connectivity index (χ3n) is 4.42. The molecule has 0 radical (unpaired) electrons. The van der Waals surface area contributed by atoms with E-state index >= 15 is 0 Å². The van der Waals surface area contributed by atoms with Gasteiger partial charge in [-0.2, -0.15) is 0 Å². The van der Waals surface area contributed by atoms with Gasteiger partial charge in [-0.15, -0.1) is 11.3 Å². The molecule has 3 aromatic rings. The molecule has 128 valence electrons. The van der Waals surface area contributed by atoms with Crippen LogP contribution < -0.4 is 5.56 Å². The Morgan fingerprint density at radius 3 is 2.80 bits per heavy atom. The number of thiophene rings is 1. The highest BCUT2D eigenvalue weighted by molar-refractivity contribution is 7.13. The molecule has 0 saturated heterocycles. The topological polar surface area (TPSA) is 74.8 Å². The molecule has 0 unspecified atom stereocenters. The highest BCUT2D eigenvalue weighted by atomic mass is 32.1. The Hall–Kier alpha value is -2.38. The molecule has 1 aliphatic heterocycles. The summed E-state index contributed by atoms with van der Waals surface area (Å²) in [7, 11) is 0. The van der Waals surface area contributed by atoms with Gasteiger partial charge in [0.1, 0.15) is 5.82 Å². The highest BCUT2D eigenvalue weighted by Crippen LogP contribution is 2.20. The number of hydrogen-bond donors (Lipinski definition) is 1. The predicted molar refractivity (Wildman–Crippen MR) is 97.6 cm³/mol. The normalized spacial score (nSPS) is 14.9. The lowest BCUT2D eigenvalue weighted by molar-refractivity contribution is 0.278. The van der Waals surface area contributed by atoms with Crippen molar-refractivity contribution in [1.29, 1.82) is 0 Å². The maximum atomic E-state index is 12.1. The Kier molecular flexibility index (Phi) is 4.42. The molecular weight excluding hydrogens is 334 g/mol. The van der Waals surface area contributed by atoms with E-state index in [1.165, 1.54) is 0 Å². The van der Waals surface area contributed by atoms with Crippen LogP contribution in [-0.4, -0.2) is 37.9 Å². The molecule has 0 spiro atoms. The standard InChI is InChI=1S/C18H19N5OS/c1-12-21-15-5-7-23(6-4-14(15)18(24)22-12)11-13-9-19-17(20-10-13)16-3-2-8-25-16/h2-3,8-10H,4-7,11H2,1H3,(H,21,22,24). The van der Waals surface area contributed by atoms with Gasteiger partial charge in [0.25, 0.3) is 5.56 Å². The average Bonchev–Trinajstić information content (AvgIpc) is 3.06. The lowest BCUT2D eigenvalue weighted by Crippen LogP contribution is -2.26. The van der Waals surface area contributed by atoms with Crippen molar-refractivity contribution >= 4 is 11.3 Å². The summed E-state index contributed by atoms with van der Waals surface area (Å²) < 4.78 is 0. The molecule has 1 N–H and O–H groups in total. The van der Waals surface area contributed by atoms with Gasteiger partial charge in [-0.3, -0.25) is 9.69 Å². The zero-order chi connectivity index (χ0) is 17.2. The summed E-state index contributed by atoms with van der Waals surface area (Å²) in [5.41, 5.74) is 2.86. The number of fused-ring (bicyclic) bond motifs is 1. The van der Waals surface area contributed by atoms with Gasteiger partial charge in [0, 0.05) is 49.6 Å². The molecule has 0 amide bonds. The number of aryl methyl sites for hydroxylation is 1. The number of nitrogens with zero attached hydrogens (tertiary/aromatic N) is 4. The molecule has 0 bridgehead atoms. The second-order valence-electron chi connectivity index (χ2n) is 6.24. The molecule has 0 saturated carbocycles. The number of hydrogen-bond acceptors (Lipinski definition) is 6. The van der Waals surface area contributed by atoms with Crippen molar-refractivity contribution in [2.45, 2.75) is 26.3 Å². The minimum atomic E-state index is 0.00739. The van der Waals surface area contributed by atoms with E-state index in [2.05, 4.69) is 24.8 Å². The van der Waals surface area contributed by atoms with Crippen molar-refractivity contribution in [2.75, 3.05) is 13.1 Å².